The van der Waals surface area contributed by atoms with Gasteiger partial charge < -0.3 is 10.2 Å². The summed E-state index contributed by atoms with van der Waals surface area (Å²) in [5.41, 5.74) is -1.17. The molecule has 2 amide bonds. The second-order valence-corrected chi connectivity index (χ2v) is 5.12. The molecule has 18 heavy (non-hydrogen) atoms. The third-order valence-electron chi connectivity index (χ3n) is 3.50. The minimum atomic E-state index is -4.44. The molecule has 0 bridgehead atoms. The molecule has 0 aromatic heterocycles. The number of hydrogen-bond acceptors (Lipinski definition) is 2. The SMILES string of the molecule is CC1(C2CC2)NC(=O)CCN(CC(F)(F)F)C1=O. The van der Waals surface area contributed by atoms with Crippen molar-refractivity contribution in [2.45, 2.75) is 37.9 Å². The lowest BCUT2D eigenvalue weighted by molar-refractivity contribution is -0.164. The van der Waals surface area contributed by atoms with Gasteiger partial charge in [-0.1, -0.05) is 0 Å². The molecule has 1 atom stereocenters. The van der Waals surface area contributed by atoms with Crippen LogP contribution in [0.25, 0.3) is 0 Å². The van der Waals surface area contributed by atoms with Gasteiger partial charge >= 0.3 is 6.18 Å². The molecule has 1 aliphatic heterocycles. The summed E-state index contributed by atoms with van der Waals surface area (Å²) in [5, 5.41) is 2.59. The minimum absolute atomic E-state index is 0.0391. The number of nitrogens with one attached hydrogen (secondary N) is 1. The molecule has 1 N–H and O–H groups in total. The highest BCUT2D eigenvalue weighted by Gasteiger charge is 2.52. The van der Waals surface area contributed by atoms with Crippen molar-refractivity contribution in [1.29, 1.82) is 0 Å². The van der Waals surface area contributed by atoms with E-state index >= 15 is 0 Å². The first-order valence-corrected chi connectivity index (χ1v) is 5.89. The van der Waals surface area contributed by atoms with Crippen LogP contribution in [0, 0.1) is 5.92 Å². The smallest absolute Gasteiger partial charge is 0.342 e. The van der Waals surface area contributed by atoms with Crippen molar-refractivity contribution in [2.24, 2.45) is 5.92 Å². The number of alkyl halides is 3. The first-order valence-electron chi connectivity index (χ1n) is 5.89. The van der Waals surface area contributed by atoms with E-state index in [9.17, 15) is 22.8 Å². The molecule has 0 radical (unpaired) electrons. The third-order valence-corrected chi connectivity index (χ3v) is 3.50. The van der Waals surface area contributed by atoms with Crippen molar-refractivity contribution in [3.63, 3.8) is 0 Å². The van der Waals surface area contributed by atoms with Gasteiger partial charge in [-0.25, -0.2) is 0 Å². The highest BCUT2D eigenvalue weighted by molar-refractivity contribution is 5.93. The molecule has 2 aliphatic rings. The number of hydrogen-bond donors (Lipinski definition) is 1. The van der Waals surface area contributed by atoms with Crippen molar-refractivity contribution in [3.8, 4) is 0 Å². The molecule has 0 aromatic rings. The molecule has 1 aliphatic carbocycles. The average molecular weight is 264 g/mol. The van der Waals surface area contributed by atoms with Gasteiger partial charge in [-0.2, -0.15) is 13.2 Å². The van der Waals surface area contributed by atoms with Gasteiger partial charge in [0.15, 0.2) is 0 Å². The van der Waals surface area contributed by atoms with Crippen LogP contribution in [-0.4, -0.2) is 41.5 Å². The zero-order valence-corrected chi connectivity index (χ0v) is 10.0. The predicted octanol–water partition coefficient (Wildman–Crippen LogP) is 1.07. The van der Waals surface area contributed by atoms with E-state index in [0.29, 0.717) is 0 Å². The van der Waals surface area contributed by atoms with Crippen molar-refractivity contribution >= 4 is 11.8 Å². The van der Waals surface area contributed by atoms with Crippen molar-refractivity contribution < 1.29 is 22.8 Å². The van der Waals surface area contributed by atoms with Gasteiger partial charge in [-0.15, -0.1) is 0 Å². The third kappa shape index (κ3) is 2.59. The molecule has 2 rings (SSSR count). The Labute approximate surface area is 103 Å². The Morgan fingerprint density at radius 3 is 2.50 bits per heavy atom. The van der Waals surface area contributed by atoms with Crippen LogP contribution in [0.15, 0.2) is 0 Å². The molecule has 4 nitrogen and oxygen atoms in total. The van der Waals surface area contributed by atoms with E-state index < -0.39 is 24.2 Å². The van der Waals surface area contributed by atoms with E-state index in [1.807, 2.05) is 0 Å². The van der Waals surface area contributed by atoms with Crippen LogP contribution in [0.4, 0.5) is 13.2 Å². The standard InChI is InChI=1S/C11H15F3N2O2/c1-10(7-2-3-7)9(18)16(6-11(12,13)14)5-4-8(17)15-10/h7H,2-6H2,1H3,(H,15,17). The van der Waals surface area contributed by atoms with Crippen LogP contribution in [0.2, 0.25) is 0 Å². The fourth-order valence-corrected chi connectivity index (χ4v) is 2.38. The summed E-state index contributed by atoms with van der Waals surface area (Å²) in [4.78, 5) is 24.4. The first kappa shape index (κ1) is 13.2. The summed E-state index contributed by atoms with van der Waals surface area (Å²) in [6.07, 6.45) is -2.98. The Hall–Kier alpha value is -1.27. The number of rotatable bonds is 2. The van der Waals surface area contributed by atoms with Crippen LogP contribution >= 0.6 is 0 Å². The maximum absolute atomic E-state index is 12.4. The van der Waals surface area contributed by atoms with E-state index in [0.717, 1.165) is 17.7 Å². The van der Waals surface area contributed by atoms with E-state index in [1.54, 1.807) is 0 Å². The normalized spacial score (nSPS) is 30.1. The number of halogens is 3. The van der Waals surface area contributed by atoms with E-state index in [1.165, 1.54) is 6.92 Å². The quantitative estimate of drug-likeness (QED) is 0.811. The molecular weight excluding hydrogens is 249 g/mol. The summed E-state index contributed by atoms with van der Waals surface area (Å²) in [7, 11) is 0. The molecule has 1 heterocycles. The van der Waals surface area contributed by atoms with Crippen molar-refractivity contribution in [2.75, 3.05) is 13.1 Å². The van der Waals surface area contributed by atoms with Crippen LogP contribution in [0.5, 0.6) is 0 Å². The van der Waals surface area contributed by atoms with Gasteiger partial charge in [0, 0.05) is 13.0 Å². The monoisotopic (exact) mass is 264 g/mol. The van der Waals surface area contributed by atoms with Gasteiger partial charge in [-0.3, -0.25) is 9.59 Å². The Bertz CT molecular complexity index is 379. The Morgan fingerprint density at radius 2 is 2.00 bits per heavy atom. The highest BCUT2D eigenvalue weighted by atomic mass is 19.4. The number of carbonyl (C=O) groups excluding carboxylic acids is 2. The number of carbonyl (C=O) groups is 2. The summed E-state index contributed by atoms with van der Waals surface area (Å²) in [5.74, 6) is -1.02. The summed E-state index contributed by atoms with van der Waals surface area (Å²) < 4.78 is 37.2. The van der Waals surface area contributed by atoms with Gasteiger partial charge in [0.2, 0.25) is 11.8 Å². The molecule has 7 heteroatoms. The van der Waals surface area contributed by atoms with E-state index in [2.05, 4.69) is 5.32 Å². The molecule has 102 valence electrons. The molecule has 2 fully saturated rings. The van der Waals surface area contributed by atoms with Gasteiger partial charge in [0.05, 0.1) is 0 Å². The van der Waals surface area contributed by atoms with Gasteiger partial charge in [0.25, 0.3) is 0 Å². The first-order chi connectivity index (χ1) is 8.22. The molecule has 1 saturated heterocycles. The Balaban J connectivity index is 2.21. The molecule has 0 aromatic carbocycles. The van der Waals surface area contributed by atoms with Gasteiger partial charge in [-0.05, 0) is 25.7 Å². The van der Waals surface area contributed by atoms with Crippen LogP contribution < -0.4 is 5.32 Å². The second-order valence-electron chi connectivity index (χ2n) is 5.12. The van der Waals surface area contributed by atoms with Crippen LogP contribution in [0.1, 0.15) is 26.2 Å². The second kappa shape index (κ2) is 4.13. The zero-order chi connectivity index (χ0) is 13.6. The zero-order valence-electron chi connectivity index (χ0n) is 10.0. The van der Waals surface area contributed by atoms with E-state index in [4.69, 9.17) is 0 Å². The molecule has 1 unspecified atom stereocenters. The Morgan fingerprint density at radius 1 is 1.39 bits per heavy atom. The molecular formula is C11H15F3N2O2. The lowest BCUT2D eigenvalue weighted by Gasteiger charge is -2.32. The molecule has 0 spiro atoms. The number of nitrogens with zero attached hydrogens (tertiary/aromatic N) is 1. The van der Waals surface area contributed by atoms with Crippen molar-refractivity contribution in [1.82, 2.24) is 10.2 Å². The summed E-state index contributed by atoms with van der Waals surface area (Å²) >= 11 is 0. The van der Waals surface area contributed by atoms with Gasteiger partial charge in [0.1, 0.15) is 12.1 Å². The Kier molecular flexibility index (Phi) is 3.03. The lowest BCUT2D eigenvalue weighted by Crippen LogP contribution is -2.57. The maximum Gasteiger partial charge on any atom is 0.406 e. The topological polar surface area (TPSA) is 49.4 Å². The summed E-state index contributed by atoms with van der Waals surface area (Å²) in [6, 6.07) is 0. The van der Waals surface area contributed by atoms with Crippen LogP contribution in [0.3, 0.4) is 0 Å². The fourth-order valence-electron chi connectivity index (χ4n) is 2.38. The maximum atomic E-state index is 12.4. The van der Waals surface area contributed by atoms with E-state index in [-0.39, 0.29) is 24.8 Å². The molecule has 1 saturated carbocycles. The lowest BCUT2D eigenvalue weighted by atomic mass is 9.94. The summed E-state index contributed by atoms with van der Waals surface area (Å²) in [6.45, 7) is 0.0647. The van der Waals surface area contributed by atoms with Crippen LogP contribution in [-0.2, 0) is 9.59 Å². The van der Waals surface area contributed by atoms with Crippen molar-refractivity contribution in [3.05, 3.63) is 0 Å². The highest BCUT2D eigenvalue weighted by Crippen LogP contribution is 2.41. The predicted molar refractivity (Wildman–Crippen MR) is 56.5 cm³/mol. The minimum Gasteiger partial charge on any atom is -0.342 e. The largest absolute Gasteiger partial charge is 0.406 e. The number of amides is 2. The fraction of sp³-hybridized carbons (Fsp3) is 0.818. The average Bonchev–Trinajstić information content (AvgIpc) is 3.03.